The van der Waals surface area contributed by atoms with E-state index in [4.69, 9.17) is 4.74 Å². The Balaban J connectivity index is 2.43. The van der Waals surface area contributed by atoms with E-state index in [2.05, 4.69) is 14.8 Å². The molecule has 0 aliphatic rings. The van der Waals surface area contributed by atoms with Gasteiger partial charge < -0.3 is 9.47 Å². The van der Waals surface area contributed by atoms with Crippen molar-refractivity contribution in [2.24, 2.45) is 4.99 Å². The molecule has 0 atom stereocenters. The lowest BCUT2D eigenvalue weighted by molar-refractivity contribution is -0.0754. The average Bonchev–Trinajstić information content (AvgIpc) is 2.97. The minimum atomic E-state index is -4.64. The van der Waals surface area contributed by atoms with Crippen LogP contribution >= 0.6 is 0 Å². The molecule has 1 heterocycles. The summed E-state index contributed by atoms with van der Waals surface area (Å²) in [7, 11) is 2.57. The number of alkyl halides is 3. The fraction of sp³-hybridized carbons (Fsp3) is 0.412. The van der Waals surface area contributed by atoms with Crippen LogP contribution in [0.4, 0.5) is 13.2 Å². The molecule has 0 unspecified atom stereocenters. The van der Waals surface area contributed by atoms with Crippen molar-refractivity contribution in [1.82, 2.24) is 9.78 Å². The molecule has 2 rings (SSSR count). The summed E-state index contributed by atoms with van der Waals surface area (Å²) in [6.07, 6.45) is -0.806. The lowest BCUT2D eigenvalue weighted by Gasteiger charge is -2.10. The highest BCUT2D eigenvalue weighted by Crippen LogP contribution is 2.26. The zero-order valence-electron chi connectivity index (χ0n) is 14.3. The van der Waals surface area contributed by atoms with Gasteiger partial charge in [-0.15, -0.1) is 0 Å². The molecule has 0 aliphatic carbocycles. The Morgan fingerprint density at radius 3 is 2.68 bits per heavy atom. The third-order valence-electron chi connectivity index (χ3n) is 3.50. The van der Waals surface area contributed by atoms with Gasteiger partial charge in [-0.25, -0.2) is 4.99 Å². The van der Waals surface area contributed by atoms with Gasteiger partial charge in [-0.3, -0.25) is 4.68 Å². The predicted octanol–water partition coefficient (Wildman–Crippen LogP) is 4.04. The number of fused-ring (bicyclic) bond motifs is 1. The third kappa shape index (κ3) is 4.60. The molecule has 25 heavy (non-hydrogen) atoms. The summed E-state index contributed by atoms with van der Waals surface area (Å²) in [5.74, 6) is -1.27. The monoisotopic (exact) mass is 355 g/mol. The maximum absolute atomic E-state index is 12.9. The first-order chi connectivity index (χ1) is 11.9. The van der Waals surface area contributed by atoms with Gasteiger partial charge in [0.15, 0.2) is 0 Å². The van der Waals surface area contributed by atoms with E-state index < -0.39 is 12.1 Å². The normalized spacial score (nSPS) is 13.5. The van der Waals surface area contributed by atoms with Crippen molar-refractivity contribution in [3.8, 4) is 0 Å². The molecule has 0 saturated heterocycles. The van der Waals surface area contributed by atoms with Gasteiger partial charge in [-0.05, 0) is 18.6 Å². The lowest BCUT2D eigenvalue weighted by Crippen LogP contribution is -2.24. The number of hydrogen-bond acceptors (Lipinski definition) is 4. The van der Waals surface area contributed by atoms with Gasteiger partial charge in [0.1, 0.15) is 0 Å². The second kappa shape index (κ2) is 8.15. The SMILES string of the molecule is CC/C=C(/N=C(OC)C(F)(F)F)c1ccc2c(cnn2CCOC)c1. The van der Waals surface area contributed by atoms with E-state index in [1.165, 1.54) is 0 Å². The number of aromatic nitrogens is 2. The van der Waals surface area contributed by atoms with Crippen LogP contribution in [0.2, 0.25) is 0 Å². The number of ether oxygens (including phenoxy) is 2. The summed E-state index contributed by atoms with van der Waals surface area (Å²) in [6, 6.07) is 5.30. The smallest absolute Gasteiger partial charge is 0.468 e. The van der Waals surface area contributed by atoms with Crippen LogP contribution in [0.25, 0.3) is 16.6 Å². The highest BCUT2D eigenvalue weighted by molar-refractivity contribution is 5.90. The van der Waals surface area contributed by atoms with Crippen molar-refractivity contribution in [1.29, 1.82) is 0 Å². The standard InChI is InChI=1S/C17H20F3N3O2/c1-4-5-14(22-16(25-3)17(18,19)20)12-6-7-15-13(10-12)11-21-23(15)8-9-24-2/h5-7,10-11H,4,8-9H2,1-3H3/b14-5+,22-16?. The summed E-state index contributed by atoms with van der Waals surface area (Å²) in [5, 5.41) is 5.09. The fourth-order valence-electron chi connectivity index (χ4n) is 2.36. The van der Waals surface area contributed by atoms with E-state index >= 15 is 0 Å². The van der Waals surface area contributed by atoms with Crippen LogP contribution in [0.1, 0.15) is 18.9 Å². The molecule has 0 spiro atoms. The number of rotatable bonds is 6. The molecule has 0 saturated carbocycles. The van der Waals surface area contributed by atoms with E-state index in [0.29, 0.717) is 25.1 Å². The first-order valence-electron chi connectivity index (χ1n) is 7.75. The number of nitrogens with zero attached hydrogens (tertiary/aromatic N) is 3. The second-order valence-corrected chi connectivity index (χ2v) is 5.25. The number of hydrogen-bond donors (Lipinski definition) is 0. The summed E-state index contributed by atoms with van der Waals surface area (Å²) in [5.41, 5.74) is 1.66. The van der Waals surface area contributed by atoms with Crippen molar-refractivity contribution in [3.05, 3.63) is 36.0 Å². The predicted molar refractivity (Wildman–Crippen MR) is 90.4 cm³/mol. The van der Waals surface area contributed by atoms with Gasteiger partial charge in [0.2, 0.25) is 0 Å². The van der Waals surface area contributed by atoms with Crippen molar-refractivity contribution in [3.63, 3.8) is 0 Å². The molecule has 0 bridgehead atoms. The zero-order valence-corrected chi connectivity index (χ0v) is 14.3. The minimum absolute atomic E-state index is 0.211. The Hall–Kier alpha value is -2.35. The van der Waals surface area contributed by atoms with Gasteiger partial charge in [-0.1, -0.05) is 19.1 Å². The Kier molecular flexibility index (Phi) is 6.19. The molecular weight excluding hydrogens is 335 g/mol. The van der Waals surface area contributed by atoms with E-state index in [1.807, 2.05) is 13.0 Å². The molecule has 0 aliphatic heterocycles. The average molecular weight is 355 g/mol. The molecule has 1 aromatic carbocycles. The van der Waals surface area contributed by atoms with Crippen LogP contribution in [0.5, 0.6) is 0 Å². The van der Waals surface area contributed by atoms with Crippen LogP contribution in [0.3, 0.4) is 0 Å². The highest BCUT2D eigenvalue weighted by atomic mass is 19.4. The number of allylic oxidation sites excluding steroid dienone is 1. The Bertz CT molecular complexity index is 779. The molecule has 0 radical (unpaired) electrons. The van der Waals surface area contributed by atoms with Crippen LogP contribution in [0, 0.1) is 0 Å². The zero-order chi connectivity index (χ0) is 18.4. The summed E-state index contributed by atoms with van der Waals surface area (Å²) in [6.45, 7) is 2.94. The van der Waals surface area contributed by atoms with Gasteiger partial charge >= 0.3 is 6.18 Å². The van der Waals surface area contributed by atoms with Gasteiger partial charge in [0, 0.05) is 18.1 Å². The first-order valence-corrected chi connectivity index (χ1v) is 7.75. The number of aliphatic imine (C=N–C) groups is 1. The molecule has 136 valence electrons. The topological polar surface area (TPSA) is 48.6 Å². The molecule has 1 aromatic heterocycles. The van der Waals surface area contributed by atoms with Crippen LogP contribution < -0.4 is 0 Å². The van der Waals surface area contributed by atoms with Gasteiger partial charge in [0.05, 0.1) is 37.7 Å². The van der Waals surface area contributed by atoms with Gasteiger partial charge in [-0.2, -0.15) is 18.3 Å². The minimum Gasteiger partial charge on any atom is -0.478 e. The van der Waals surface area contributed by atoms with Crippen LogP contribution in [0.15, 0.2) is 35.5 Å². The second-order valence-electron chi connectivity index (χ2n) is 5.25. The Labute approximate surface area is 143 Å². The first kappa shape index (κ1) is 19.0. The lowest BCUT2D eigenvalue weighted by atomic mass is 10.1. The van der Waals surface area contributed by atoms with E-state index in [9.17, 15) is 13.2 Å². The van der Waals surface area contributed by atoms with E-state index in [-0.39, 0.29) is 5.70 Å². The number of halogens is 3. The van der Waals surface area contributed by atoms with E-state index in [1.54, 1.807) is 36.2 Å². The summed E-state index contributed by atoms with van der Waals surface area (Å²) >= 11 is 0. The quantitative estimate of drug-likeness (QED) is 0.580. The highest BCUT2D eigenvalue weighted by Gasteiger charge is 2.38. The number of methoxy groups -OCH3 is 2. The molecule has 0 amide bonds. The molecule has 2 aromatic rings. The molecule has 5 nitrogen and oxygen atoms in total. The van der Waals surface area contributed by atoms with Crippen LogP contribution in [-0.4, -0.2) is 42.7 Å². The molecule has 0 N–H and O–H groups in total. The maximum atomic E-state index is 12.9. The third-order valence-corrected chi connectivity index (χ3v) is 3.50. The maximum Gasteiger partial charge on any atom is 0.468 e. The fourth-order valence-corrected chi connectivity index (χ4v) is 2.36. The molecule has 0 fully saturated rings. The van der Waals surface area contributed by atoms with Crippen molar-refractivity contribution < 1.29 is 22.6 Å². The molecular formula is C17H20F3N3O2. The van der Waals surface area contributed by atoms with Crippen LogP contribution in [-0.2, 0) is 16.0 Å². The Morgan fingerprint density at radius 2 is 2.08 bits per heavy atom. The Morgan fingerprint density at radius 1 is 1.32 bits per heavy atom. The van der Waals surface area contributed by atoms with Crippen molar-refractivity contribution in [2.75, 3.05) is 20.8 Å². The van der Waals surface area contributed by atoms with Crippen molar-refractivity contribution >= 4 is 22.5 Å². The summed E-state index contributed by atoms with van der Waals surface area (Å²) in [4.78, 5) is 3.67. The van der Waals surface area contributed by atoms with E-state index in [0.717, 1.165) is 18.0 Å². The van der Waals surface area contributed by atoms with Gasteiger partial charge in [0.25, 0.3) is 5.90 Å². The van der Waals surface area contributed by atoms with Crippen molar-refractivity contribution in [2.45, 2.75) is 26.1 Å². The summed E-state index contributed by atoms with van der Waals surface area (Å²) < 4.78 is 49.9. The largest absolute Gasteiger partial charge is 0.478 e. The molecule has 8 heteroatoms. The number of benzene rings is 1.